The van der Waals surface area contributed by atoms with Gasteiger partial charge in [-0.3, -0.25) is 4.79 Å². The van der Waals surface area contributed by atoms with E-state index in [0.717, 1.165) is 23.9 Å². The average molecular weight is 355 g/mol. The minimum atomic E-state index is -4.88. The number of carbonyl (C=O) groups excluding carboxylic acids is 1. The van der Waals surface area contributed by atoms with Crippen LogP contribution in [-0.4, -0.2) is 22.7 Å². The van der Waals surface area contributed by atoms with Crippen molar-refractivity contribution in [2.75, 3.05) is 6.54 Å². The molecule has 2 atom stereocenters. The fourth-order valence-electron chi connectivity index (χ4n) is 3.02. The Morgan fingerprint density at radius 3 is 2.09 bits per heavy atom. The van der Waals surface area contributed by atoms with Gasteiger partial charge < -0.3 is 4.90 Å². The summed E-state index contributed by atoms with van der Waals surface area (Å²) in [5.74, 6) is 0. The van der Waals surface area contributed by atoms with Gasteiger partial charge in [-0.15, -0.1) is 0 Å². The summed E-state index contributed by atoms with van der Waals surface area (Å²) in [7, 11) is 0. The molecule has 126 valence electrons. The predicted octanol–water partition coefficient (Wildman–Crippen LogP) is 5.10. The van der Waals surface area contributed by atoms with Crippen molar-refractivity contribution in [1.82, 2.24) is 4.90 Å². The lowest BCUT2D eigenvalue weighted by Crippen LogP contribution is -2.27. The molecule has 2 aliphatic heterocycles. The lowest BCUT2D eigenvalue weighted by Gasteiger charge is -2.21. The second-order valence-electron chi connectivity index (χ2n) is 5.55. The highest BCUT2D eigenvalue weighted by molar-refractivity contribution is 8.14. The predicted molar refractivity (Wildman–Crippen MR) is 71.9 cm³/mol. The minimum absolute atomic E-state index is 0.0973. The zero-order valence-electron chi connectivity index (χ0n) is 11.5. The maximum Gasteiger partial charge on any atom is 0.416 e. The third-order valence-corrected chi connectivity index (χ3v) is 5.33. The van der Waals surface area contributed by atoms with E-state index in [1.54, 1.807) is 0 Å². The van der Waals surface area contributed by atoms with Crippen molar-refractivity contribution in [3.8, 4) is 0 Å². The minimum Gasteiger partial charge on any atom is -0.329 e. The molecule has 0 saturated carbocycles. The maximum atomic E-state index is 12.9. The molecule has 2 unspecified atom stereocenters. The van der Waals surface area contributed by atoms with Crippen LogP contribution in [-0.2, 0) is 12.4 Å². The number of hydrogen-bond acceptors (Lipinski definition) is 2. The second kappa shape index (κ2) is 5.32. The molecule has 9 heteroatoms. The number of rotatable bonds is 1. The number of alkyl halides is 6. The quantitative estimate of drug-likeness (QED) is 0.654. The molecule has 23 heavy (non-hydrogen) atoms. The molecule has 0 spiro atoms. The largest absolute Gasteiger partial charge is 0.416 e. The summed E-state index contributed by atoms with van der Waals surface area (Å²) in [6.07, 6.45) is -8.46. The van der Waals surface area contributed by atoms with Crippen LogP contribution in [0.5, 0.6) is 0 Å². The van der Waals surface area contributed by atoms with E-state index in [9.17, 15) is 31.1 Å². The van der Waals surface area contributed by atoms with Crippen LogP contribution in [0.25, 0.3) is 0 Å². The van der Waals surface area contributed by atoms with Crippen LogP contribution < -0.4 is 0 Å². The third kappa shape index (κ3) is 3.02. The molecule has 2 saturated heterocycles. The Morgan fingerprint density at radius 2 is 1.57 bits per heavy atom. The SMILES string of the molecule is O=C1SC(c2cc(C(F)(F)F)cc(C(F)(F)F)c2)C2CCCN12. The number of nitrogens with zero attached hydrogens (tertiary/aromatic N) is 1. The van der Waals surface area contributed by atoms with Crippen molar-refractivity contribution >= 4 is 17.0 Å². The zero-order chi connectivity index (χ0) is 17.0. The van der Waals surface area contributed by atoms with Gasteiger partial charge in [0.05, 0.1) is 16.4 Å². The molecule has 2 nitrogen and oxygen atoms in total. The summed E-state index contributed by atoms with van der Waals surface area (Å²) in [6.45, 7) is 0.498. The molecule has 1 aromatic rings. The number of hydrogen-bond donors (Lipinski definition) is 0. The monoisotopic (exact) mass is 355 g/mol. The molecular weight excluding hydrogens is 344 g/mol. The van der Waals surface area contributed by atoms with Crippen LogP contribution in [0.3, 0.4) is 0 Å². The van der Waals surface area contributed by atoms with E-state index in [4.69, 9.17) is 0 Å². The van der Waals surface area contributed by atoms with Crippen molar-refractivity contribution in [1.29, 1.82) is 0 Å². The first-order valence-electron chi connectivity index (χ1n) is 6.84. The summed E-state index contributed by atoms with van der Waals surface area (Å²) in [5, 5.41) is -0.989. The lowest BCUT2D eigenvalue weighted by molar-refractivity contribution is -0.143. The summed E-state index contributed by atoms with van der Waals surface area (Å²) < 4.78 is 77.5. The standard InChI is InChI=1S/C14H11F6NOS/c15-13(16,17)8-4-7(5-9(6-8)14(18,19)20)11-10-2-1-3-21(10)12(22)23-11/h4-6,10-11H,1-3H2. The summed E-state index contributed by atoms with van der Waals surface area (Å²) in [5.41, 5.74) is -2.78. The van der Waals surface area contributed by atoms with Gasteiger partial charge in [-0.25, -0.2) is 0 Å². The zero-order valence-corrected chi connectivity index (χ0v) is 12.4. The van der Waals surface area contributed by atoms with Crippen molar-refractivity contribution in [2.45, 2.75) is 36.5 Å². The van der Waals surface area contributed by atoms with Crippen molar-refractivity contribution in [3.63, 3.8) is 0 Å². The van der Waals surface area contributed by atoms with Crippen molar-refractivity contribution in [3.05, 3.63) is 34.9 Å². The van der Waals surface area contributed by atoms with Gasteiger partial charge in [0.15, 0.2) is 0 Å². The Hall–Kier alpha value is -1.38. The second-order valence-corrected chi connectivity index (χ2v) is 6.64. The van der Waals surface area contributed by atoms with E-state index in [1.165, 1.54) is 4.90 Å². The van der Waals surface area contributed by atoms with Gasteiger partial charge in [0.2, 0.25) is 0 Å². The number of carbonyl (C=O) groups is 1. The molecule has 2 aliphatic rings. The van der Waals surface area contributed by atoms with E-state index in [2.05, 4.69) is 0 Å². The van der Waals surface area contributed by atoms with Crippen molar-refractivity contribution < 1.29 is 31.1 Å². The summed E-state index contributed by atoms with van der Waals surface area (Å²) in [6, 6.07) is 1.22. The number of fused-ring (bicyclic) bond motifs is 1. The van der Waals surface area contributed by atoms with Gasteiger partial charge in [-0.05, 0) is 36.6 Å². The summed E-state index contributed by atoms with van der Waals surface area (Å²) in [4.78, 5) is 13.4. The molecule has 0 aromatic heterocycles. The van der Waals surface area contributed by atoms with Crippen LogP contribution in [0.2, 0.25) is 0 Å². The van der Waals surface area contributed by atoms with E-state index in [0.29, 0.717) is 19.4 Å². The van der Waals surface area contributed by atoms with Gasteiger partial charge in [0.25, 0.3) is 5.24 Å². The highest BCUT2D eigenvalue weighted by Gasteiger charge is 2.45. The van der Waals surface area contributed by atoms with Gasteiger partial charge in [-0.2, -0.15) is 26.3 Å². The van der Waals surface area contributed by atoms with E-state index in [1.807, 2.05) is 0 Å². The smallest absolute Gasteiger partial charge is 0.329 e. The normalized spacial score (nSPS) is 25.1. The van der Waals surface area contributed by atoms with Crippen molar-refractivity contribution in [2.24, 2.45) is 0 Å². The fourth-order valence-corrected chi connectivity index (χ4v) is 4.31. The number of amides is 1. The Balaban J connectivity index is 2.06. The van der Waals surface area contributed by atoms with Crippen LogP contribution in [0.1, 0.15) is 34.8 Å². The first kappa shape index (κ1) is 16.5. The Morgan fingerprint density at radius 1 is 1.00 bits per heavy atom. The van der Waals surface area contributed by atoms with Crippen LogP contribution in [0, 0.1) is 0 Å². The number of benzene rings is 1. The molecule has 0 bridgehead atoms. The molecule has 0 aliphatic carbocycles. The van der Waals surface area contributed by atoms with E-state index < -0.39 is 28.7 Å². The summed E-state index contributed by atoms with van der Waals surface area (Å²) >= 11 is 0.802. The van der Waals surface area contributed by atoms with Crippen LogP contribution >= 0.6 is 11.8 Å². The highest BCUT2D eigenvalue weighted by Crippen LogP contribution is 2.49. The Labute approximate surface area is 131 Å². The van der Waals surface area contributed by atoms with E-state index >= 15 is 0 Å². The molecule has 3 rings (SSSR count). The molecule has 0 radical (unpaired) electrons. The first-order valence-corrected chi connectivity index (χ1v) is 7.72. The highest BCUT2D eigenvalue weighted by atomic mass is 32.2. The number of halogens is 6. The molecular formula is C14H11F6NOS. The first-order chi connectivity index (χ1) is 10.6. The topological polar surface area (TPSA) is 20.3 Å². The fraction of sp³-hybridized carbons (Fsp3) is 0.500. The molecule has 2 heterocycles. The molecule has 1 aromatic carbocycles. The Kier molecular flexibility index (Phi) is 3.81. The van der Waals surface area contributed by atoms with E-state index in [-0.39, 0.29) is 22.9 Å². The van der Waals surface area contributed by atoms with Gasteiger partial charge in [0, 0.05) is 12.6 Å². The lowest BCUT2D eigenvalue weighted by atomic mass is 9.98. The Bertz CT molecular complexity index is 609. The molecule has 1 amide bonds. The average Bonchev–Trinajstić information content (AvgIpc) is 3.01. The number of thioether (sulfide) groups is 1. The van der Waals surface area contributed by atoms with Gasteiger partial charge in [-0.1, -0.05) is 11.8 Å². The van der Waals surface area contributed by atoms with Crippen LogP contribution in [0.15, 0.2) is 18.2 Å². The third-order valence-electron chi connectivity index (χ3n) is 4.05. The maximum absolute atomic E-state index is 12.9. The molecule has 2 fully saturated rings. The van der Waals surface area contributed by atoms with Gasteiger partial charge in [0.1, 0.15) is 0 Å². The molecule has 0 N–H and O–H groups in total. The van der Waals surface area contributed by atoms with Gasteiger partial charge >= 0.3 is 12.4 Å². The van der Waals surface area contributed by atoms with Crippen LogP contribution in [0.4, 0.5) is 31.1 Å².